The second kappa shape index (κ2) is 4.49. The highest BCUT2D eigenvalue weighted by atomic mass is 16.2. The van der Waals surface area contributed by atoms with Crippen molar-refractivity contribution in [1.82, 2.24) is 0 Å². The van der Waals surface area contributed by atoms with Crippen LogP contribution in [0, 0.1) is 6.92 Å². The average molecular weight is 266 g/mol. The molecule has 0 radical (unpaired) electrons. The molecule has 0 aromatic heterocycles. The monoisotopic (exact) mass is 266 g/mol. The lowest BCUT2D eigenvalue weighted by Gasteiger charge is -2.16. The van der Waals surface area contributed by atoms with E-state index in [1.807, 2.05) is 25.1 Å². The number of anilines is 2. The van der Waals surface area contributed by atoms with Crippen molar-refractivity contribution < 1.29 is 9.59 Å². The van der Waals surface area contributed by atoms with Crippen molar-refractivity contribution in [3.8, 4) is 0 Å². The summed E-state index contributed by atoms with van der Waals surface area (Å²) in [4.78, 5) is 26.4. The fraction of sp³-hybridized carbons (Fsp3) is 0.125. The zero-order valence-electron chi connectivity index (χ0n) is 11.3. The van der Waals surface area contributed by atoms with E-state index in [1.54, 1.807) is 31.3 Å². The Morgan fingerprint density at radius 3 is 2.40 bits per heavy atom. The van der Waals surface area contributed by atoms with E-state index >= 15 is 0 Å². The fourth-order valence-electron chi connectivity index (χ4n) is 2.53. The first kappa shape index (κ1) is 12.4. The average Bonchev–Trinajstić information content (AvgIpc) is 2.72. The maximum absolute atomic E-state index is 12.6. The van der Waals surface area contributed by atoms with Crippen molar-refractivity contribution in [2.75, 3.05) is 17.3 Å². The number of carbonyl (C=O) groups excluding carboxylic acids is 2. The highest BCUT2D eigenvalue weighted by Crippen LogP contribution is 2.33. The van der Waals surface area contributed by atoms with Crippen molar-refractivity contribution >= 4 is 23.2 Å². The predicted molar refractivity (Wildman–Crippen MR) is 78.3 cm³/mol. The molecule has 100 valence electrons. The van der Waals surface area contributed by atoms with Crippen molar-refractivity contribution in [3.63, 3.8) is 0 Å². The van der Waals surface area contributed by atoms with Crippen LogP contribution in [0.2, 0.25) is 0 Å². The lowest BCUT2D eigenvalue weighted by atomic mass is 10.1. The van der Waals surface area contributed by atoms with E-state index < -0.39 is 0 Å². The Morgan fingerprint density at radius 2 is 1.70 bits per heavy atom. The molecular weight excluding hydrogens is 252 g/mol. The molecule has 4 nitrogen and oxygen atoms in total. The molecule has 1 aliphatic heterocycles. The molecule has 1 heterocycles. The van der Waals surface area contributed by atoms with Gasteiger partial charge in [-0.15, -0.1) is 0 Å². The number of aryl methyl sites for hydroxylation is 1. The Bertz CT molecular complexity index is 722. The van der Waals surface area contributed by atoms with Gasteiger partial charge in [0.1, 0.15) is 0 Å². The number of amides is 2. The molecule has 1 N–H and O–H groups in total. The lowest BCUT2D eigenvalue weighted by molar-refractivity contribution is 0.0926. The van der Waals surface area contributed by atoms with Gasteiger partial charge in [0.2, 0.25) is 0 Å². The predicted octanol–water partition coefficient (Wildman–Crippen LogP) is 2.84. The minimum atomic E-state index is -0.274. The first-order chi connectivity index (χ1) is 9.65. The van der Waals surface area contributed by atoms with Crippen LogP contribution in [0.3, 0.4) is 0 Å². The molecule has 0 aliphatic carbocycles. The summed E-state index contributed by atoms with van der Waals surface area (Å²) in [6.07, 6.45) is 0. The zero-order chi connectivity index (χ0) is 14.3. The third-order valence-electron chi connectivity index (χ3n) is 3.54. The molecule has 0 saturated carbocycles. The van der Waals surface area contributed by atoms with Crippen molar-refractivity contribution in [2.45, 2.75) is 6.92 Å². The van der Waals surface area contributed by atoms with Crippen LogP contribution >= 0.6 is 0 Å². The van der Waals surface area contributed by atoms with E-state index in [0.29, 0.717) is 22.5 Å². The van der Waals surface area contributed by atoms with E-state index in [1.165, 1.54) is 4.90 Å². The normalized spacial score (nSPS) is 13.6. The summed E-state index contributed by atoms with van der Waals surface area (Å²) < 4.78 is 0. The molecule has 0 atom stereocenters. The van der Waals surface area contributed by atoms with E-state index in [4.69, 9.17) is 0 Å². The summed E-state index contributed by atoms with van der Waals surface area (Å²) >= 11 is 0. The Kier molecular flexibility index (Phi) is 2.79. The minimum absolute atomic E-state index is 0.267. The van der Waals surface area contributed by atoms with Gasteiger partial charge in [-0.1, -0.05) is 24.3 Å². The molecule has 0 spiro atoms. The van der Waals surface area contributed by atoms with Crippen LogP contribution in [0.5, 0.6) is 0 Å². The first-order valence-electron chi connectivity index (χ1n) is 6.40. The number of fused-ring (bicyclic) bond motifs is 1. The molecule has 4 heteroatoms. The second-order valence-corrected chi connectivity index (χ2v) is 4.71. The number of carbonyl (C=O) groups is 2. The topological polar surface area (TPSA) is 49.4 Å². The number of hydrogen-bond donors (Lipinski definition) is 1. The smallest absolute Gasteiger partial charge is 0.268 e. The van der Waals surface area contributed by atoms with Crippen LogP contribution in [-0.2, 0) is 0 Å². The Labute approximate surface area is 117 Å². The molecule has 0 bridgehead atoms. The van der Waals surface area contributed by atoms with Gasteiger partial charge in [0.05, 0.1) is 16.8 Å². The molecule has 20 heavy (non-hydrogen) atoms. The van der Waals surface area contributed by atoms with Crippen LogP contribution in [0.25, 0.3) is 0 Å². The summed E-state index contributed by atoms with van der Waals surface area (Å²) in [6, 6.07) is 12.6. The van der Waals surface area contributed by atoms with Crippen LogP contribution in [0.15, 0.2) is 42.5 Å². The molecule has 3 rings (SSSR count). The van der Waals surface area contributed by atoms with Gasteiger partial charge in [-0.2, -0.15) is 0 Å². The zero-order valence-corrected chi connectivity index (χ0v) is 11.3. The summed E-state index contributed by atoms with van der Waals surface area (Å²) in [7, 11) is 1.74. The van der Waals surface area contributed by atoms with Crippen LogP contribution in [-0.4, -0.2) is 18.9 Å². The van der Waals surface area contributed by atoms with Gasteiger partial charge in [0.15, 0.2) is 0 Å². The molecular formula is C16H14N2O2. The lowest BCUT2D eigenvalue weighted by Crippen LogP contribution is -2.30. The first-order valence-corrected chi connectivity index (χ1v) is 6.40. The van der Waals surface area contributed by atoms with Gasteiger partial charge in [0, 0.05) is 12.7 Å². The highest BCUT2D eigenvalue weighted by molar-refractivity contribution is 6.36. The fourth-order valence-corrected chi connectivity index (χ4v) is 2.53. The second-order valence-electron chi connectivity index (χ2n) is 4.71. The minimum Gasteiger partial charge on any atom is -0.387 e. The molecule has 2 aromatic rings. The Morgan fingerprint density at radius 1 is 0.950 bits per heavy atom. The molecule has 0 saturated heterocycles. The van der Waals surface area contributed by atoms with E-state index in [0.717, 1.165) is 5.56 Å². The molecule has 2 amide bonds. The number of nitrogens with one attached hydrogen (secondary N) is 1. The van der Waals surface area contributed by atoms with Crippen molar-refractivity contribution in [1.29, 1.82) is 0 Å². The van der Waals surface area contributed by atoms with Gasteiger partial charge in [-0.3, -0.25) is 9.59 Å². The van der Waals surface area contributed by atoms with Crippen LogP contribution in [0.4, 0.5) is 11.4 Å². The van der Waals surface area contributed by atoms with Gasteiger partial charge in [0.25, 0.3) is 11.8 Å². The largest absolute Gasteiger partial charge is 0.387 e. The van der Waals surface area contributed by atoms with Crippen molar-refractivity contribution in [2.24, 2.45) is 0 Å². The standard InChI is InChI=1S/C16H14N2O2/c1-10-6-3-4-9-13(10)18-15(19)11-7-5-8-12(17-2)14(11)16(18)20/h3-9,17H,1-2H3. The molecule has 2 aromatic carbocycles. The summed E-state index contributed by atoms with van der Waals surface area (Å²) in [5.74, 6) is -0.541. The van der Waals surface area contributed by atoms with Crippen LogP contribution < -0.4 is 10.2 Å². The number of benzene rings is 2. The maximum Gasteiger partial charge on any atom is 0.268 e. The summed E-state index contributed by atoms with van der Waals surface area (Å²) in [5.41, 5.74) is 3.11. The van der Waals surface area contributed by atoms with Gasteiger partial charge in [-0.05, 0) is 30.7 Å². The number of hydrogen-bond acceptors (Lipinski definition) is 3. The number of rotatable bonds is 2. The van der Waals surface area contributed by atoms with Gasteiger partial charge in [-0.25, -0.2) is 4.90 Å². The molecule has 0 fully saturated rings. The van der Waals surface area contributed by atoms with Crippen LogP contribution in [0.1, 0.15) is 26.3 Å². The Balaban J connectivity index is 2.18. The third-order valence-corrected chi connectivity index (χ3v) is 3.54. The molecule has 0 unspecified atom stereocenters. The third kappa shape index (κ3) is 1.61. The Hall–Kier alpha value is -2.62. The number of nitrogens with zero attached hydrogens (tertiary/aromatic N) is 1. The highest BCUT2D eigenvalue weighted by Gasteiger charge is 2.38. The van der Waals surface area contributed by atoms with Gasteiger partial charge < -0.3 is 5.32 Å². The van der Waals surface area contributed by atoms with E-state index in [-0.39, 0.29) is 11.8 Å². The molecule has 1 aliphatic rings. The summed E-state index contributed by atoms with van der Waals surface area (Å²) in [6.45, 7) is 1.89. The quantitative estimate of drug-likeness (QED) is 0.850. The van der Waals surface area contributed by atoms with Crippen molar-refractivity contribution in [3.05, 3.63) is 59.2 Å². The van der Waals surface area contributed by atoms with E-state index in [9.17, 15) is 9.59 Å². The number of para-hydroxylation sites is 1. The SMILES string of the molecule is CNc1cccc2c1C(=O)N(c1ccccc1C)C2=O. The summed E-state index contributed by atoms with van der Waals surface area (Å²) in [5, 5.41) is 2.97. The van der Waals surface area contributed by atoms with Gasteiger partial charge >= 0.3 is 0 Å². The van der Waals surface area contributed by atoms with E-state index in [2.05, 4.69) is 5.32 Å². The number of imide groups is 1. The maximum atomic E-state index is 12.6.